The summed E-state index contributed by atoms with van der Waals surface area (Å²) in [4.78, 5) is 24.2. The zero-order valence-corrected chi connectivity index (χ0v) is 9.26. The molecule has 2 heteroatoms. The Morgan fingerprint density at radius 1 is 0.688 bits per heavy atom. The number of hydrogen-bond donors (Lipinski definition) is 0. The van der Waals surface area contributed by atoms with Crippen LogP contribution in [0.1, 0.15) is 25.7 Å². The Bertz CT molecular complexity index is 388. The van der Waals surface area contributed by atoms with Crippen molar-refractivity contribution in [1.29, 1.82) is 0 Å². The van der Waals surface area contributed by atoms with Gasteiger partial charge in [0.25, 0.3) is 0 Å². The fraction of sp³-hybridized carbons (Fsp3) is 0.857. The minimum Gasteiger partial charge on any atom is -0.299 e. The summed E-state index contributed by atoms with van der Waals surface area (Å²) in [6.07, 6.45) is 4.24. The summed E-state index contributed by atoms with van der Waals surface area (Å²) in [5.41, 5.74) is 0. The van der Waals surface area contributed by atoms with Gasteiger partial charge in [-0.25, -0.2) is 0 Å². The smallest absolute Gasteiger partial charge is 0.137 e. The SMILES string of the molecule is O=C1C[C@H]2CC3C[C@H]4CC(=O)[C@H]5[C@@H]1[C@@H]2C3[C@@H]45. The molecule has 5 aliphatic rings. The second-order valence-electron chi connectivity index (χ2n) is 6.88. The molecular formula is C14H16O2. The van der Waals surface area contributed by atoms with Crippen molar-refractivity contribution in [3.05, 3.63) is 0 Å². The van der Waals surface area contributed by atoms with E-state index < -0.39 is 0 Å². The summed E-state index contributed by atoms with van der Waals surface area (Å²) in [7, 11) is 0. The van der Waals surface area contributed by atoms with E-state index in [2.05, 4.69) is 0 Å². The summed E-state index contributed by atoms with van der Waals surface area (Å²) in [6, 6.07) is 0. The standard InChI is InChI=1S/C14H16O2/c15-8-3-6-1-5-2-7-4-9(16)14-12(7)10(5)11(6)13(8)14/h5-7,10-14H,1-4H2/t5?,6-,7+,10?,11+,12-,13+,14-. The molecule has 5 fully saturated rings. The quantitative estimate of drug-likeness (QED) is 0.617. The van der Waals surface area contributed by atoms with Crippen LogP contribution in [0.5, 0.6) is 0 Å². The fourth-order valence-corrected chi connectivity index (χ4v) is 6.62. The molecule has 0 bridgehead atoms. The van der Waals surface area contributed by atoms with Gasteiger partial charge in [-0.15, -0.1) is 0 Å². The van der Waals surface area contributed by atoms with Gasteiger partial charge in [0.2, 0.25) is 0 Å². The van der Waals surface area contributed by atoms with E-state index >= 15 is 0 Å². The van der Waals surface area contributed by atoms with Gasteiger partial charge in [-0.3, -0.25) is 9.59 Å². The Hall–Kier alpha value is -0.660. The van der Waals surface area contributed by atoms with Gasteiger partial charge < -0.3 is 0 Å². The van der Waals surface area contributed by atoms with E-state index in [9.17, 15) is 9.59 Å². The maximum atomic E-state index is 12.1. The molecule has 0 aliphatic heterocycles. The number of Topliss-reactive ketones (excluding diaryl/α,β-unsaturated/α-hetero) is 2. The first kappa shape index (κ1) is 8.43. The van der Waals surface area contributed by atoms with Crippen LogP contribution >= 0.6 is 0 Å². The molecule has 5 saturated carbocycles. The fourth-order valence-electron chi connectivity index (χ4n) is 6.62. The summed E-state index contributed by atoms with van der Waals surface area (Å²) in [6.45, 7) is 0. The molecule has 84 valence electrons. The van der Waals surface area contributed by atoms with Crippen molar-refractivity contribution < 1.29 is 9.59 Å². The third kappa shape index (κ3) is 0.663. The van der Waals surface area contributed by atoms with Crippen molar-refractivity contribution in [2.24, 2.45) is 47.3 Å². The summed E-state index contributed by atoms with van der Waals surface area (Å²) in [5, 5.41) is 0. The molecule has 0 radical (unpaired) electrons. The Morgan fingerprint density at radius 2 is 1.19 bits per heavy atom. The Morgan fingerprint density at radius 3 is 1.69 bits per heavy atom. The van der Waals surface area contributed by atoms with Crippen LogP contribution in [0.25, 0.3) is 0 Å². The van der Waals surface area contributed by atoms with Crippen molar-refractivity contribution in [2.45, 2.75) is 25.7 Å². The van der Waals surface area contributed by atoms with Crippen LogP contribution < -0.4 is 0 Å². The van der Waals surface area contributed by atoms with Crippen molar-refractivity contribution >= 4 is 11.6 Å². The van der Waals surface area contributed by atoms with Crippen molar-refractivity contribution in [3.8, 4) is 0 Å². The lowest BCUT2D eigenvalue weighted by molar-refractivity contribution is -0.129. The third-order valence-corrected chi connectivity index (χ3v) is 6.62. The van der Waals surface area contributed by atoms with Crippen LogP contribution in [-0.2, 0) is 9.59 Å². The average Bonchev–Trinajstić information content (AvgIpc) is 2.88. The Kier molecular flexibility index (Phi) is 1.21. The molecule has 0 spiro atoms. The maximum absolute atomic E-state index is 12.1. The lowest BCUT2D eigenvalue weighted by atomic mass is 9.87. The van der Waals surface area contributed by atoms with E-state index in [1.165, 1.54) is 12.8 Å². The third-order valence-electron chi connectivity index (χ3n) is 6.62. The molecule has 16 heavy (non-hydrogen) atoms. The molecule has 0 aromatic carbocycles. The molecule has 0 aromatic rings. The molecule has 0 aromatic heterocycles. The molecule has 0 amide bonds. The molecular weight excluding hydrogens is 200 g/mol. The molecule has 0 N–H and O–H groups in total. The zero-order valence-electron chi connectivity index (χ0n) is 9.26. The van der Waals surface area contributed by atoms with Crippen molar-refractivity contribution in [1.82, 2.24) is 0 Å². The Labute approximate surface area is 94.8 Å². The van der Waals surface area contributed by atoms with E-state index in [1.807, 2.05) is 0 Å². The molecule has 2 unspecified atom stereocenters. The van der Waals surface area contributed by atoms with Gasteiger partial charge in [0, 0.05) is 24.7 Å². The van der Waals surface area contributed by atoms with Crippen molar-refractivity contribution in [2.75, 3.05) is 0 Å². The van der Waals surface area contributed by atoms with Gasteiger partial charge in [-0.2, -0.15) is 0 Å². The van der Waals surface area contributed by atoms with Crippen LogP contribution in [0.3, 0.4) is 0 Å². The second kappa shape index (κ2) is 2.30. The largest absolute Gasteiger partial charge is 0.299 e. The normalized spacial score (nSPS) is 64.8. The first-order valence-corrected chi connectivity index (χ1v) is 6.81. The minimum atomic E-state index is 0.183. The predicted molar refractivity (Wildman–Crippen MR) is 56.4 cm³/mol. The van der Waals surface area contributed by atoms with Gasteiger partial charge in [-0.05, 0) is 48.3 Å². The lowest BCUT2D eigenvalue weighted by Gasteiger charge is -2.15. The van der Waals surface area contributed by atoms with Gasteiger partial charge in [0.05, 0.1) is 0 Å². The van der Waals surface area contributed by atoms with Crippen LogP contribution in [0.2, 0.25) is 0 Å². The highest BCUT2D eigenvalue weighted by atomic mass is 16.1. The van der Waals surface area contributed by atoms with Crippen LogP contribution in [-0.4, -0.2) is 11.6 Å². The van der Waals surface area contributed by atoms with Gasteiger partial charge in [0.1, 0.15) is 11.6 Å². The van der Waals surface area contributed by atoms with Crippen LogP contribution in [0, 0.1) is 47.3 Å². The molecule has 2 nitrogen and oxygen atoms in total. The molecule has 8 atom stereocenters. The number of carbonyl (C=O) groups is 2. The summed E-state index contributed by atoms with van der Waals surface area (Å²) < 4.78 is 0. The summed E-state index contributed by atoms with van der Waals surface area (Å²) in [5.74, 6) is 5.55. The number of hydrogen-bond acceptors (Lipinski definition) is 2. The molecule has 0 saturated heterocycles. The monoisotopic (exact) mass is 216 g/mol. The highest BCUT2D eigenvalue weighted by Gasteiger charge is 2.72. The topological polar surface area (TPSA) is 34.1 Å². The summed E-state index contributed by atoms with van der Waals surface area (Å²) >= 11 is 0. The van der Waals surface area contributed by atoms with Gasteiger partial charge in [-0.1, -0.05) is 0 Å². The number of fused-ring (bicyclic) bond motifs is 1. The van der Waals surface area contributed by atoms with Gasteiger partial charge in [0.15, 0.2) is 0 Å². The molecule has 5 aliphatic carbocycles. The molecule has 5 rings (SSSR count). The minimum absolute atomic E-state index is 0.183. The second-order valence-corrected chi connectivity index (χ2v) is 6.88. The van der Waals surface area contributed by atoms with E-state index in [1.54, 1.807) is 0 Å². The number of ketones is 2. The van der Waals surface area contributed by atoms with Gasteiger partial charge >= 0.3 is 0 Å². The van der Waals surface area contributed by atoms with Crippen LogP contribution in [0.15, 0.2) is 0 Å². The molecule has 0 heterocycles. The first-order chi connectivity index (χ1) is 7.75. The van der Waals surface area contributed by atoms with E-state index in [4.69, 9.17) is 0 Å². The predicted octanol–water partition coefficient (Wildman–Crippen LogP) is 1.68. The highest BCUT2D eigenvalue weighted by Crippen LogP contribution is 2.72. The average molecular weight is 216 g/mol. The highest BCUT2D eigenvalue weighted by molar-refractivity contribution is 5.94. The zero-order chi connectivity index (χ0) is 10.6. The maximum Gasteiger partial charge on any atom is 0.137 e. The number of rotatable bonds is 0. The number of carbonyl (C=O) groups excluding carboxylic acids is 2. The lowest BCUT2D eigenvalue weighted by Crippen LogP contribution is -2.24. The van der Waals surface area contributed by atoms with E-state index in [0.29, 0.717) is 35.2 Å². The van der Waals surface area contributed by atoms with Crippen molar-refractivity contribution in [3.63, 3.8) is 0 Å². The van der Waals surface area contributed by atoms with Crippen LogP contribution in [0.4, 0.5) is 0 Å². The first-order valence-electron chi connectivity index (χ1n) is 6.81. The van der Waals surface area contributed by atoms with E-state index in [-0.39, 0.29) is 11.8 Å². The Balaban J connectivity index is 1.73. The van der Waals surface area contributed by atoms with E-state index in [0.717, 1.165) is 24.7 Å².